The number of nitrogens with one attached hydrogen (secondary N) is 2. The van der Waals surface area contributed by atoms with Crippen LogP contribution in [0.1, 0.15) is 62.9 Å². The van der Waals surface area contributed by atoms with Gasteiger partial charge in [-0.05, 0) is 80.8 Å². The SMILES string of the molecule is COc1c(CN2O[C@@H](CO)[C@@H]([C@H](C)O)[C@H]2CC(=O)N[C@H]2C[C@H]3C[C@@H]([C@@H]2C)C3(C)C)cccc1-c1cc(C(=O)N[C@H](CN(C)C)CS(C)(=O)=O)cc(N(C)C)c1. The van der Waals surface area contributed by atoms with Gasteiger partial charge in [-0.2, -0.15) is 5.06 Å². The van der Waals surface area contributed by atoms with E-state index in [1.54, 1.807) is 31.2 Å². The van der Waals surface area contributed by atoms with E-state index in [1.165, 1.54) is 6.42 Å². The number of para-hydroxylation sites is 1. The number of rotatable bonds is 16. The van der Waals surface area contributed by atoms with Crippen molar-refractivity contribution in [3.05, 3.63) is 47.5 Å². The van der Waals surface area contributed by atoms with Gasteiger partial charge < -0.3 is 35.4 Å². The first kappa shape index (κ1) is 42.9. The molecule has 306 valence electrons. The molecule has 2 amide bonds. The number of carbonyl (C=O) groups excluding carboxylic acids is 2. The number of carbonyl (C=O) groups is 2. The van der Waals surface area contributed by atoms with Crippen LogP contribution in [0.4, 0.5) is 5.69 Å². The van der Waals surface area contributed by atoms with Crippen LogP contribution in [-0.4, -0.2) is 131 Å². The number of anilines is 1. The van der Waals surface area contributed by atoms with E-state index in [2.05, 4.69) is 31.4 Å². The fourth-order valence-corrected chi connectivity index (χ4v) is 10.4. The van der Waals surface area contributed by atoms with E-state index in [0.29, 0.717) is 52.2 Å². The number of aliphatic hydroxyl groups is 2. The largest absolute Gasteiger partial charge is 0.496 e. The number of hydrogen-bond acceptors (Lipinski definition) is 11. The van der Waals surface area contributed by atoms with E-state index < -0.39 is 46.0 Å². The molecule has 13 nitrogen and oxygen atoms in total. The summed E-state index contributed by atoms with van der Waals surface area (Å²) in [6, 6.07) is 10.1. The Labute approximate surface area is 327 Å². The molecule has 14 heteroatoms. The summed E-state index contributed by atoms with van der Waals surface area (Å²) in [4.78, 5) is 37.5. The average molecular weight is 786 g/mol. The molecule has 55 heavy (non-hydrogen) atoms. The number of methoxy groups -OCH3 is 1. The first-order valence-corrected chi connectivity index (χ1v) is 21.4. The maximum absolute atomic E-state index is 13.7. The molecule has 4 N–H and O–H groups in total. The van der Waals surface area contributed by atoms with Gasteiger partial charge in [0.15, 0.2) is 0 Å². The summed E-state index contributed by atoms with van der Waals surface area (Å²) in [6.45, 7) is 8.80. The molecule has 1 aliphatic heterocycles. The highest BCUT2D eigenvalue weighted by molar-refractivity contribution is 7.90. The maximum Gasteiger partial charge on any atom is 0.251 e. The second kappa shape index (κ2) is 17.1. The van der Waals surface area contributed by atoms with Gasteiger partial charge in [-0.3, -0.25) is 14.4 Å². The molecule has 9 atom stereocenters. The van der Waals surface area contributed by atoms with Crippen molar-refractivity contribution in [1.82, 2.24) is 20.6 Å². The van der Waals surface area contributed by atoms with E-state index >= 15 is 0 Å². The minimum absolute atomic E-state index is 0.0908. The zero-order valence-electron chi connectivity index (χ0n) is 34.2. The molecule has 4 aliphatic rings. The molecule has 3 saturated carbocycles. The molecule has 2 bridgehead atoms. The fraction of sp³-hybridized carbons (Fsp3) is 0.659. The molecule has 2 aromatic carbocycles. The number of sulfone groups is 1. The van der Waals surface area contributed by atoms with Crippen LogP contribution in [0.5, 0.6) is 5.75 Å². The Morgan fingerprint density at radius 2 is 1.84 bits per heavy atom. The Kier molecular flexibility index (Phi) is 13.3. The van der Waals surface area contributed by atoms with Gasteiger partial charge in [-0.1, -0.05) is 39.0 Å². The van der Waals surface area contributed by atoms with Crippen molar-refractivity contribution in [2.24, 2.45) is 29.1 Å². The zero-order valence-corrected chi connectivity index (χ0v) is 35.0. The monoisotopic (exact) mass is 785 g/mol. The second-order valence-corrected chi connectivity index (χ2v) is 19.5. The lowest BCUT2D eigenvalue weighted by atomic mass is 9.45. The third kappa shape index (κ3) is 9.65. The van der Waals surface area contributed by atoms with Gasteiger partial charge in [-0.25, -0.2) is 8.42 Å². The lowest BCUT2D eigenvalue weighted by Gasteiger charge is -2.62. The molecule has 0 spiro atoms. The Bertz CT molecular complexity index is 1800. The quantitative estimate of drug-likeness (QED) is 0.198. The van der Waals surface area contributed by atoms with Crippen LogP contribution in [0.25, 0.3) is 11.1 Å². The number of hydrogen-bond donors (Lipinski definition) is 4. The van der Waals surface area contributed by atoms with Gasteiger partial charge in [0.25, 0.3) is 5.91 Å². The van der Waals surface area contributed by atoms with Crippen molar-refractivity contribution in [2.75, 3.05) is 65.4 Å². The second-order valence-electron chi connectivity index (χ2n) is 17.3. The predicted octanol–water partition coefficient (Wildman–Crippen LogP) is 3.18. The molecule has 1 saturated heterocycles. The van der Waals surface area contributed by atoms with Crippen molar-refractivity contribution in [3.8, 4) is 16.9 Å². The van der Waals surface area contributed by atoms with Crippen molar-refractivity contribution < 1.29 is 37.8 Å². The number of fused-ring (bicyclic) bond motifs is 2. The number of aliphatic hydroxyl groups excluding tert-OH is 2. The lowest BCUT2D eigenvalue weighted by Crippen LogP contribution is -2.61. The number of amides is 2. The topological polar surface area (TPSA) is 161 Å². The standard InChI is InChI=1S/C41H63N5O8S/c1-24-33-17-29(41(33,3)4)18-34(24)43-37(49)19-35-38(25(2)48)36(22-47)54-46(35)20-26-12-11-13-32(39(26)53-9)27-14-28(16-31(15-27)45(7)8)40(50)42-30(21-44(5)6)23-55(10,51)52/h11-16,24-25,29-30,33-36,38,47-48H,17-23H2,1-10H3,(H,42,50)(H,43,49)/t24-,25-,29+,30+,33-,34-,35+,36-,38-/m0/s1. The molecular weight excluding hydrogens is 723 g/mol. The van der Waals surface area contributed by atoms with E-state index in [1.807, 2.05) is 62.3 Å². The molecular formula is C41H63N5O8S. The van der Waals surface area contributed by atoms with Crippen LogP contribution in [-0.2, 0) is 26.0 Å². The number of nitrogens with zero attached hydrogens (tertiary/aromatic N) is 3. The van der Waals surface area contributed by atoms with Crippen LogP contribution in [0, 0.1) is 29.1 Å². The Morgan fingerprint density at radius 1 is 1.13 bits per heavy atom. The van der Waals surface area contributed by atoms with Crippen molar-refractivity contribution in [3.63, 3.8) is 0 Å². The lowest BCUT2D eigenvalue weighted by molar-refractivity contribution is -0.180. The number of benzene rings is 2. The third-order valence-electron chi connectivity index (χ3n) is 12.4. The summed E-state index contributed by atoms with van der Waals surface area (Å²) in [5, 5.41) is 29.2. The van der Waals surface area contributed by atoms with Crippen molar-refractivity contribution in [1.29, 1.82) is 0 Å². The first-order chi connectivity index (χ1) is 25.7. The normalized spacial score (nSPS) is 27.3. The highest BCUT2D eigenvalue weighted by atomic mass is 32.2. The average Bonchev–Trinajstić information content (AvgIpc) is 3.43. The Balaban J connectivity index is 1.42. The first-order valence-electron chi connectivity index (χ1n) is 19.4. The Morgan fingerprint density at radius 3 is 2.40 bits per heavy atom. The molecule has 4 fully saturated rings. The van der Waals surface area contributed by atoms with Gasteiger partial charge in [0.1, 0.15) is 21.7 Å². The van der Waals surface area contributed by atoms with Crippen molar-refractivity contribution in [2.45, 2.75) is 83.8 Å². The highest BCUT2D eigenvalue weighted by Gasteiger charge is 2.56. The summed E-state index contributed by atoms with van der Waals surface area (Å²) in [6.07, 6.45) is 1.87. The summed E-state index contributed by atoms with van der Waals surface area (Å²) in [7, 11) is 5.62. The smallest absolute Gasteiger partial charge is 0.251 e. The summed E-state index contributed by atoms with van der Waals surface area (Å²) in [5.74, 6) is 0.874. The third-order valence-corrected chi connectivity index (χ3v) is 13.4. The van der Waals surface area contributed by atoms with Crippen LogP contribution < -0.4 is 20.3 Å². The van der Waals surface area contributed by atoms with Gasteiger partial charge in [0.2, 0.25) is 5.91 Å². The molecule has 0 aromatic heterocycles. The molecule has 0 unspecified atom stereocenters. The minimum Gasteiger partial charge on any atom is -0.496 e. The zero-order chi connectivity index (χ0) is 40.6. The number of likely N-dealkylation sites (N-methyl/N-ethyl adjacent to an activating group) is 1. The fourth-order valence-electron chi connectivity index (χ4n) is 9.45. The Hall–Kier alpha value is -3.27. The van der Waals surface area contributed by atoms with Crippen LogP contribution in [0.2, 0.25) is 0 Å². The maximum atomic E-state index is 13.7. The van der Waals surface area contributed by atoms with Crippen LogP contribution in [0.15, 0.2) is 36.4 Å². The van der Waals surface area contributed by atoms with E-state index in [9.17, 15) is 28.2 Å². The van der Waals surface area contributed by atoms with Gasteiger partial charge >= 0.3 is 0 Å². The molecule has 2 aromatic rings. The van der Waals surface area contributed by atoms with Crippen LogP contribution in [0.3, 0.4) is 0 Å². The van der Waals surface area contributed by atoms with Crippen LogP contribution >= 0.6 is 0 Å². The van der Waals surface area contributed by atoms with Gasteiger partial charge in [0, 0.05) is 67.7 Å². The van der Waals surface area contributed by atoms with E-state index in [4.69, 9.17) is 9.57 Å². The highest BCUT2D eigenvalue weighted by Crippen LogP contribution is 2.61. The molecule has 6 rings (SSSR count). The van der Waals surface area contributed by atoms with Gasteiger partial charge in [-0.15, -0.1) is 0 Å². The number of hydroxylamine groups is 2. The minimum atomic E-state index is -3.36. The summed E-state index contributed by atoms with van der Waals surface area (Å²) < 4.78 is 30.4. The molecule has 1 heterocycles. The molecule has 3 aliphatic carbocycles. The summed E-state index contributed by atoms with van der Waals surface area (Å²) >= 11 is 0. The van der Waals surface area contributed by atoms with Crippen molar-refractivity contribution >= 4 is 27.3 Å². The molecule has 0 radical (unpaired) electrons. The van der Waals surface area contributed by atoms with Gasteiger partial charge in [0.05, 0.1) is 44.2 Å². The number of ether oxygens (including phenoxy) is 1. The predicted molar refractivity (Wildman–Crippen MR) is 214 cm³/mol. The van der Waals surface area contributed by atoms with E-state index in [-0.39, 0.29) is 37.3 Å². The van der Waals surface area contributed by atoms with E-state index in [0.717, 1.165) is 23.9 Å². The summed E-state index contributed by atoms with van der Waals surface area (Å²) in [5.41, 5.74) is 3.59.